The molecule has 0 saturated heterocycles. The number of nitrogens with zero attached hydrogens (tertiary/aromatic N) is 2. The molecule has 2 aromatic heterocycles. The van der Waals surface area contributed by atoms with E-state index in [0.717, 1.165) is 25.7 Å². The van der Waals surface area contributed by atoms with Crippen molar-refractivity contribution in [3.05, 3.63) is 40.6 Å². The van der Waals surface area contributed by atoms with Crippen LogP contribution in [-0.4, -0.2) is 15.3 Å². The minimum Gasteiger partial charge on any atom is -0.329 e. The van der Waals surface area contributed by atoms with E-state index in [-0.39, 0.29) is 5.92 Å². The molecular formula is C29H48N2OS. The van der Waals surface area contributed by atoms with Crippen LogP contribution in [0.4, 0.5) is 0 Å². The fourth-order valence-electron chi connectivity index (χ4n) is 4.64. The summed E-state index contributed by atoms with van der Waals surface area (Å²) in [6.07, 6.45) is 26.2. The summed E-state index contributed by atoms with van der Waals surface area (Å²) in [4.78, 5) is 19.5. The van der Waals surface area contributed by atoms with Gasteiger partial charge in [-0.3, -0.25) is 4.79 Å². The number of thiophene rings is 1. The van der Waals surface area contributed by atoms with E-state index in [9.17, 15) is 4.79 Å². The maximum Gasteiger partial charge on any atom is 0.140 e. The second-order valence-electron chi connectivity index (χ2n) is 9.74. The van der Waals surface area contributed by atoms with Crippen molar-refractivity contribution in [1.29, 1.82) is 0 Å². The smallest absolute Gasteiger partial charge is 0.140 e. The number of Topliss-reactive ketones (excluding diaryl/α,β-unsaturated/α-hetero) is 1. The Balaban J connectivity index is 1.58. The van der Waals surface area contributed by atoms with E-state index in [1.807, 2.05) is 30.1 Å². The van der Waals surface area contributed by atoms with Crippen molar-refractivity contribution in [1.82, 2.24) is 9.55 Å². The molecule has 0 N–H and O–H groups in total. The third kappa shape index (κ3) is 10.6. The standard InChI is InChI=1S/C29H48N2OS/c1-4-6-7-8-9-10-11-12-13-14-15-16-17-19-27(32)25(3)28-20-21-29(33-28)26(18-5-2)31-23-22-30-24-31/h20-26H,4-19H2,1-3H3. The van der Waals surface area contributed by atoms with Crippen molar-refractivity contribution >= 4 is 17.1 Å². The fraction of sp³-hybridized carbons (Fsp3) is 0.724. The number of carbonyl (C=O) groups excluding carboxylic acids is 1. The molecule has 3 nitrogen and oxygen atoms in total. The topological polar surface area (TPSA) is 34.9 Å². The Hall–Kier alpha value is -1.42. The van der Waals surface area contributed by atoms with Gasteiger partial charge in [0.25, 0.3) is 0 Å². The first-order valence-corrected chi connectivity index (χ1v) is 14.6. The van der Waals surface area contributed by atoms with Gasteiger partial charge in [-0.25, -0.2) is 4.98 Å². The molecule has 0 bridgehead atoms. The number of hydrogen-bond donors (Lipinski definition) is 0. The number of carbonyl (C=O) groups is 1. The van der Waals surface area contributed by atoms with Crippen LogP contribution in [0.1, 0.15) is 145 Å². The highest BCUT2D eigenvalue weighted by Crippen LogP contribution is 2.34. The summed E-state index contributed by atoms with van der Waals surface area (Å²) >= 11 is 1.81. The Morgan fingerprint density at radius 1 is 0.848 bits per heavy atom. The Morgan fingerprint density at radius 2 is 1.42 bits per heavy atom. The minimum absolute atomic E-state index is 0.0196. The zero-order valence-corrected chi connectivity index (χ0v) is 22.4. The Morgan fingerprint density at radius 3 is 1.97 bits per heavy atom. The molecule has 2 rings (SSSR count). The monoisotopic (exact) mass is 472 g/mol. The molecular weight excluding hydrogens is 424 g/mol. The quantitative estimate of drug-likeness (QED) is 0.180. The summed E-state index contributed by atoms with van der Waals surface area (Å²) in [5.41, 5.74) is 0. The zero-order valence-electron chi connectivity index (χ0n) is 21.6. The number of imidazole rings is 1. The first-order valence-electron chi connectivity index (χ1n) is 13.8. The molecule has 186 valence electrons. The normalized spacial score (nSPS) is 13.3. The van der Waals surface area contributed by atoms with Gasteiger partial charge >= 0.3 is 0 Å². The number of aromatic nitrogens is 2. The van der Waals surface area contributed by atoms with Crippen molar-refractivity contribution in [2.75, 3.05) is 0 Å². The minimum atomic E-state index is 0.0196. The van der Waals surface area contributed by atoms with Crippen LogP contribution in [0.3, 0.4) is 0 Å². The molecule has 0 radical (unpaired) electrons. The van der Waals surface area contributed by atoms with E-state index in [2.05, 4.69) is 42.5 Å². The van der Waals surface area contributed by atoms with Crippen LogP contribution < -0.4 is 0 Å². The number of hydrogen-bond acceptors (Lipinski definition) is 3. The lowest BCUT2D eigenvalue weighted by Gasteiger charge is -2.16. The highest BCUT2D eigenvalue weighted by atomic mass is 32.1. The zero-order chi connectivity index (χ0) is 23.7. The van der Waals surface area contributed by atoms with Gasteiger partial charge in [-0.2, -0.15) is 0 Å². The van der Waals surface area contributed by atoms with E-state index in [1.165, 1.54) is 86.8 Å². The number of rotatable bonds is 20. The Bertz CT molecular complexity index is 737. The molecule has 2 unspecified atom stereocenters. The summed E-state index contributed by atoms with van der Waals surface area (Å²) in [5.74, 6) is 0.423. The molecule has 0 aliphatic heterocycles. The van der Waals surface area contributed by atoms with Gasteiger partial charge in [-0.15, -0.1) is 11.3 Å². The van der Waals surface area contributed by atoms with Crippen molar-refractivity contribution in [2.45, 2.75) is 135 Å². The van der Waals surface area contributed by atoms with Crippen LogP contribution in [-0.2, 0) is 4.79 Å². The van der Waals surface area contributed by atoms with Crippen LogP contribution in [0.15, 0.2) is 30.9 Å². The SMILES string of the molecule is CCCCCCCCCCCCCCCC(=O)C(C)c1ccc(C(CCC)n2ccnc2)s1. The highest BCUT2D eigenvalue weighted by Gasteiger charge is 2.20. The largest absolute Gasteiger partial charge is 0.329 e. The van der Waals surface area contributed by atoms with Crippen LogP contribution in [0.5, 0.6) is 0 Å². The van der Waals surface area contributed by atoms with Crippen molar-refractivity contribution in [2.24, 2.45) is 0 Å². The third-order valence-electron chi connectivity index (χ3n) is 6.86. The molecule has 0 saturated carbocycles. The molecule has 0 fully saturated rings. The lowest BCUT2D eigenvalue weighted by atomic mass is 9.98. The Kier molecular flexibility index (Phi) is 14.4. The van der Waals surface area contributed by atoms with Crippen LogP contribution in [0.25, 0.3) is 0 Å². The van der Waals surface area contributed by atoms with Crippen LogP contribution >= 0.6 is 11.3 Å². The maximum atomic E-state index is 12.8. The van der Waals surface area contributed by atoms with Crippen molar-refractivity contribution < 1.29 is 4.79 Å². The summed E-state index contributed by atoms with van der Waals surface area (Å²) in [6, 6.07) is 4.72. The van der Waals surface area contributed by atoms with Crippen LogP contribution in [0, 0.1) is 0 Å². The fourth-order valence-corrected chi connectivity index (χ4v) is 5.87. The van der Waals surface area contributed by atoms with Gasteiger partial charge in [0, 0.05) is 34.5 Å². The first-order chi connectivity index (χ1) is 16.2. The van der Waals surface area contributed by atoms with Gasteiger partial charge in [0.15, 0.2) is 0 Å². The average Bonchev–Trinajstić information content (AvgIpc) is 3.52. The Labute approximate surface area is 207 Å². The average molecular weight is 473 g/mol. The summed E-state index contributed by atoms with van der Waals surface area (Å²) in [7, 11) is 0. The van der Waals surface area contributed by atoms with Crippen molar-refractivity contribution in [3.63, 3.8) is 0 Å². The summed E-state index contributed by atoms with van der Waals surface area (Å²) in [5, 5.41) is 0. The molecule has 33 heavy (non-hydrogen) atoms. The lowest BCUT2D eigenvalue weighted by Crippen LogP contribution is -2.08. The third-order valence-corrected chi connectivity index (χ3v) is 8.23. The van der Waals surface area contributed by atoms with Gasteiger partial charge in [-0.1, -0.05) is 104 Å². The van der Waals surface area contributed by atoms with Gasteiger partial charge in [0.1, 0.15) is 5.78 Å². The van der Waals surface area contributed by atoms with E-state index in [1.54, 1.807) is 0 Å². The van der Waals surface area contributed by atoms with Crippen molar-refractivity contribution in [3.8, 4) is 0 Å². The predicted octanol–water partition coefficient (Wildman–Crippen LogP) is 9.49. The molecule has 0 aromatic carbocycles. The molecule has 4 heteroatoms. The highest BCUT2D eigenvalue weighted by molar-refractivity contribution is 7.12. The molecule has 2 heterocycles. The van der Waals surface area contributed by atoms with E-state index in [0.29, 0.717) is 11.8 Å². The maximum absolute atomic E-state index is 12.8. The van der Waals surface area contributed by atoms with Crippen LogP contribution in [0.2, 0.25) is 0 Å². The van der Waals surface area contributed by atoms with Gasteiger partial charge in [0.05, 0.1) is 12.4 Å². The number of unbranched alkanes of at least 4 members (excludes halogenated alkanes) is 12. The second-order valence-corrected chi connectivity index (χ2v) is 10.9. The molecule has 2 atom stereocenters. The molecule has 0 aliphatic rings. The van der Waals surface area contributed by atoms with E-state index < -0.39 is 0 Å². The first kappa shape index (κ1) is 27.8. The molecule has 0 aliphatic carbocycles. The molecule has 2 aromatic rings. The lowest BCUT2D eigenvalue weighted by molar-refractivity contribution is -0.120. The second kappa shape index (κ2) is 17.1. The summed E-state index contributed by atoms with van der Waals surface area (Å²) < 4.78 is 2.19. The summed E-state index contributed by atoms with van der Waals surface area (Å²) in [6.45, 7) is 6.59. The molecule has 0 spiro atoms. The number of ketones is 1. The van der Waals surface area contributed by atoms with E-state index >= 15 is 0 Å². The predicted molar refractivity (Wildman–Crippen MR) is 143 cm³/mol. The van der Waals surface area contributed by atoms with Gasteiger partial charge in [-0.05, 0) is 25.0 Å². The van der Waals surface area contributed by atoms with Gasteiger partial charge in [0.2, 0.25) is 0 Å². The van der Waals surface area contributed by atoms with E-state index in [4.69, 9.17) is 0 Å². The van der Waals surface area contributed by atoms with Gasteiger partial charge < -0.3 is 4.57 Å². The molecule has 0 amide bonds.